The van der Waals surface area contributed by atoms with E-state index in [0.29, 0.717) is 11.4 Å². The lowest BCUT2D eigenvalue weighted by Gasteiger charge is -2.10. The van der Waals surface area contributed by atoms with Crippen LogP contribution >= 0.6 is 23.2 Å². The number of hydrogen-bond donors (Lipinski definition) is 2. The lowest BCUT2D eigenvalue weighted by molar-refractivity contribution is 0.601. The molecule has 2 rings (SSSR count). The minimum Gasteiger partial charge on any atom is -0.399 e. The molecule has 0 spiro atoms. The molecule has 0 aliphatic rings. The number of anilines is 2. The molecule has 7 heteroatoms. The van der Waals surface area contributed by atoms with Crippen LogP contribution in [0.25, 0.3) is 0 Å². The van der Waals surface area contributed by atoms with E-state index in [0.717, 1.165) is 0 Å². The average molecular weight is 317 g/mol. The summed E-state index contributed by atoms with van der Waals surface area (Å²) in [6.07, 6.45) is 0. The molecule has 0 unspecified atom stereocenters. The summed E-state index contributed by atoms with van der Waals surface area (Å²) in [7, 11) is -3.81. The van der Waals surface area contributed by atoms with E-state index in [1.807, 2.05) is 0 Å². The standard InChI is InChI=1S/C12H10Cl2N2O2S/c13-8-4-5-11(14)12(6-8)19(17,18)16-10-3-1-2-9(15)7-10/h1-7,16H,15H2. The van der Waals surface area contributed by atoms with Crippen molar-refractivity contribution < 1.29 is 8.42 Å². The molecule has 0 amide bonds. The normalized spacial score (nSPS) is 11.3. The SMILES string of the molecule is Nc1cccc(NS(=O)(=O)c2cc(Cl)ccc2Cl)c1. The molecule has 2 aromatic carbocycles. The first kappa shape index (κ1) is 14.0. The van der Waals surface area contributed by atoms with Crippen LogP contribution < -0.4 is 10.5 Å². The van der Waals surface area contributed by atoms with Crippen molar-refractivity contribution in [3.63, 3.8) is 0 Å². The van der Waals surface area contributed by atoms with Crippen LogP contribution in [0.5, 0.6) is 0 Å². The third-order valence-electron chi connectivity index (χ3n) is 2.32. The number of sulfonamides is 1. The minimum atomic E-state index is -3.81. The maximum atomic E-state index is 12.2. The summed E-state index contributed by atoms with van der Waals surface area (Å²) in [5.74, 6) is 0. The van der Waals surface area contributed by atoms with Crippen LogP contribution in [0.2, 0.25) is 10.0 Å². The highest BCUT2D eigenvalue weighted by atomic mass is 35.5. The second-order valence-corrected chi connectivity index (χ2v) is 6.30. The number of nitrogens with two attached hydrogens (primary N) is 1. The molecular formula is C12H10Cl2N2O2S. The summed E-state index contributed by atoms with van der Waals surface area (Å²) in [6, 6.07) is 10.6. The maximum absolute atomic E-state index is 12.2. The van der Waals surface area contributed by atoms with E-state index in [9.17, 15) is 8.42 Å². The Bertz CT molecular complexity index is 717. The van der Waals surface area contributed by atoms with Crippen molar-refractivity contribution in [3.8, 4) is 0 Å². The van der Waals surface area contributed by atoms with Crippen LogP contribution in [0.4, 0.5) is 11.4 Å². The molecule has 0 bridgehead atoms. The number of hydrogen-bond acceptors (Lipinski definition) is 3. The Morgan fingerprint density at radius 3 is 2.47 bits per heavy atom. The molecule has 0 aliphatic carbocycles. The van der Waals surface area contributed by atoms with Gasteiger partial charge < -0.3 is 5.73 Å². The first-order valence-corrected chi connectivity index (χ1v) is 7.46. The van der Waals surface area contributed by atoms with Crippen molar-refractivity contribution in [2.75, 3.05) is 10.5 Å². The molecule has 4 nitrogen and oxygen atoms in total. The Morgan fingerprint density at radius 1 is 1.05 bits per heavy atom. The van der Waals surface area contributed by atoms with Gasteiger partial charge in [-0.3, -0.25) is 4.72 Å². The summed E-state index contributed by atoms with van der Waals surface area (Å²) in [4.78, 5) is -0.0795. The molecule has 0 atom stereocenters. The predicted molar refractivity (Wildman–Crippen MR) is 78.1 cm³/mol. The van der Waals surface area contributed by atoms with Gasteiger partial charge in [-0.2, -0.15) is 0 Å². The van der Waals surface area contributed by atoms with Gasteiger partial charge in [0, 0.05) is 10.7 Å². The van der Waals surface area contributed by atoms with E-state index in [4.69, 9.17) is 28.9 Å². The van der Waals surface area contributed by atoms with E-state index in [1.165, 1.54) is 24.3 Å². The van der Waals surface area contributed by atoms with Gasteiger partial charge in [0.1, 0.15) is 4.90 Å². The molecule has 0 saturated heterocycles. The van der Waals surface area contributed by atoms with Crippen molar-refractivity contribution in [2.45, 2.75) is 4.90 Å². The van der Waals surface area contributed by atoms with Gasteiger partial charge >= 0.3 is 0 Å². The first-order chi connectivity index (χ1) is 8.88. The molecule has 0 radical (unpaired) electrons. The van der Waals surface area contributed by atoms with E-state index < -0.39 is 10.0 Å². The zero-order chi connectivity index (χ0) is 14.0. The molecule has 19 heavy (non-hydrogen) atoms. The van der Waals surface area contributed by atoms with Crippen LogP contribution in [0.15, 0.2) is 47.4 Å². The fourth-order valence-corrected chi connectivity index (χ4v) is 3.31. The van der Waals surface area contributed by atoms with Crippen molar-refractivity contribution in [1.82, 2.24) is 0 Å². The highest BCUT2D eigenvalue weighted by Gasteiger charge is 2.18. The summed E-state index contributed by atoms with van der Waals surface area (Å²) in [5.41, 5.74) is 6.40. The van der Waals surface area contributed by atoms with Crippen LogP contribution in [0.1, 0.15) is 0 Å². The van der Waals surface area contributed by atoms with Gasteiger partial charge in [0.25, 0.3) is 10.0 Å². The predicted octanol–water partition coefficient (Wildman–Crippen LogP) is 3.38. The average Bonchev–Trinajstić information content (AvgIpc) is 2.31. The van der Waals surface area contributed by atoms with Crippen LogP contribution in [0, 0.1) is 0 Å². The molecule has 0 fully saturated rings. The second kappa shape index (κ2) is 5.28. The molecule has 0 aromatic heterocycles. The van der Waals surface area contributed by atoms with Gasteiger partial charge in [-0.05, 0) is 36.4 Å². The number of halogens is 2. The van der Waals surface area contributed by atoms with Gasteiger partial charge in [-0.1, -0.05) is 29.3 Å². The lowest BCUT2D eigenvalue weighted by atomic mass is 10.3. The van der Waals surface area contributed by atoms with Crippen molar-refractivity contribution in [1.29, 1.82) is 0 Å². The summed E-state index contributed by atoms with van der Waals surface area (Å²) in [5, 5.41) is 0.387. The second-order valence-electron chi connectivity index (χ2n) is 3.81. The Morgan fingerprint density at radius 2 is 1.79 bits per heavy atom. The number of nitrogen functional groups attached to an aromatic ring is 1. The van der Waals surface area contributed by atoms with E-state index in [2.05, 4.69) is 4.72 Å². The van der Waals surface area contributed by atoms with Gasteiger partial charge in [0.05, 0.1) is 10.7 Å². The Labute approximate surface area is 121 Å². The Kier molecular flexibility index (Phi) is 3.89. The quantitative estimate of drug-likeness (QED) is 0.853. The maximum Gasteiger partial charge on any atom is 0.263 e. The zero-order valence-electron chi connectivity index (χ0n) is 9.60. The van der Waals surface area contributed by atoms with Gasteiger partial charge in [-0.25, -0.2) is 8.42 Å². The summed E-state index contributed by atoms with van der Waals surface area (Å²) >= 11 is 11.7. The number of benzene rings is 2. The number of nitrogens with one attached hydrogen (secondary N) is 1. The molecule has 0 aliphatic heterocycles. The van der Waals surface area contributed by atoms with Crippen LogP contribution in [-0.2, 0) is 10.0 Å². The van der Waals surface area contributed by atoms with E-state index >= 15 is 0 Å². The first-order valence-electron chi connectivity index (χ1n) is 5.22. The van der Waals surface area contributed by atoms with Crippen molar-refractivity contribution in [3.05, 3.63) is 52.5 Å². The molecular weight excluding hydrogens is 307 g/mol. The van der Waals surface area contributed by atoms with E-state index in [1.54, 1.807) is 18.2 Å². The molecule has 100 valence electrons. The minimum absolute atomic E-state index is 0.0795. The highest BCUT2D eigenvalue weighted by Crippen LogP contribution is 2.27. The largest absolute Gasteiger partial charge is 0.399 e. The topological polar surface area (TPSA) is 72.2 Å². The zero-order valence-corrected chi connectivity index (χ0v) is 11.9. The molecule has 2 aromatic rings. The van der Waals surface area contributed by atoms with Crippen molar-refractivity contribution in [2.24, 2.45) is 0 Å². The lowest BCUT2D eigenvalue weighted by Crippen LogP contribution is -2.13. The smallest absolute Gasteiger partial charge is 0.263 e. The monoisotopic (exact) mass is 316 g/mol. The fourth-order valence-electron chi connectivity index (χ4n) is 1.50. The Balaban J connectivity index is 2.40. The Hall–Kier alpha value is -1.43. The van der Waals surface area contributed by atoms with Gasteiger partial charge in [0.15, 0.2) is 0 Å². The third kappa shape index (κ3) is 3.32. The van der Waals surface area contributed by atoms with Gasteiger partial charge in [-0.15, -0.1) is 0 Å². The van der Waals surface area contributed by atoms with Gasteiger partial charge in [0.2, 0.25) is 0 Å². The van der Waals surface area contributed by atoms with Crippen LogP contribution in [-0.4, -0.2) is 8.42 Å². The molecule has 0 saturated carbocycles. The summed E-state index contributed by atoms with van der Waals surface area (Å²) in [6.45, 7) is 0. The van der Waals surface area contributed by atoms with Crippen LogP contribution in [0.3, 0.4) is 0 Å². The number of rotatable bonds is 3. The third-order valence-corrected chi connectivity index (χ3v) is 4.42. The fraction of sp³-hybridized carbons (Fsp3) is 0. The van der Waals surface area contributed by atoms with E-state index in [-0.39, 0.29) is 14.9 Å². The molecule has 0 heterocycles. The summed E-state index contributed by atoms with van der Waals surface area (Å²) < 4.78 is 26.8. The highest BCUT2D eigenvalue weighted by molar-refractivity contribution is 7.92. The van der Waals surface area contributed by atoms with Crippen molar-refractivity contribution >= 4 is 44.6 Å². The molecule has 3 N–H and O–H groups in total.